The van der Waals surface area contributed by atoms with E-state index in [1.165, 1.54) is 30.3 Å². The molecule has 0 aliphatic carbocycles. The van der Waals surface area contributed by atoms with Crippen LogP contribution in [0.3, 0.4) is 0 Å². The summed E-state index contributed by atoms with van der Waals surface area (Å²) in [5.74, 6) is -1.65. The fourth-order valence-corrected chi connectivity index (χ4v) is 2.27. The number of nitrogens with one attached hydrogen (secondary N) is 1. The van der Waals surface area contributed by atoms with E-state index in [0.29, 0.717) is 10.2 Å². The van der Waals surface area contributed by atoms with Crippen LogP contribution in [0.15, 0.2) is 34.8 Å². The van der Waals surface area contributed by atoms with Crippen molar-refractivity contribution < 1.29 is 14.3 Å². The number of rotatable bonds is 3. The first kappa shape index (κ1) is 14.6. The van der Waals surface area contributed by atoms with Crippen LogP contribution in [0.5, 0.6) is 0 Å². The molecule has 4 N–H and O–H groups in total. The number of carbonyl (C=O) groups is 1. The van der Waals surface area contributed by atoms with E-state index in [0.717, 1.165) is 0 Å². The molecule has 0 aromatic heterocycles. The molecular weight excluding hydrogens is 351 g/mol. The van der Waals surface area contributed by atoms with E-state index in [-0.39, 0.29) is 22.0 Å². The molecule has 0 aliphatic heterocycles. The highest BCUT2D eigenvalue weighted by atomic mass is 79.9. The number of carboxylic acids is 1. The maximum Gasteiger partial charge on any atom is 0.337 e. The van der Waals surface area contributed by atoms with Gasteiger partial charge in [0.05, 0.1) is 22.0 Å². The van der Waals surface area contributed by atoms with Gasteiger partial charge in [-0.15, -0.1) is 0 Å². The predicted octanol–water partition coefficient (Wildman–Crippen LogP) is 4.27. The third-order valence-electron chi connectivity index (χ3n) is 2.53. The van der Waals surface area contributed by atoms with Crippen LogP contribution in [0.1, 0.15) is 10.4 Å². The zero-order chi connectivity index (χ0) is 14.9. The number of anilines is 3. The quantitative estimate of drug-likeness (QED) is 0.716. The molecule has 0 amide bonds. The Balaban J connectivity index is 2.53. The Labute approximate surface area is 127 Å². The van der Waals surface area contributed by atoms with Crippen LogP contribution in [0.25, 0.3) is 0 Å². The maximum absolute atomic E-state index is 13.2. The van der Waals surface area contributed by atoms with E-state index in [9.17, 15) is 14.3 Å². The molecule has 20 heavy (non-hydrogen) atoms. The lowest BCUT2D eigenvalue weighted by Gasteiger charge is -2.14. The van der Waals surface area contributed by atoms with Crippen molar-refractivity contribution >= 4 is 50.6 Å². The molecule has 0 saturated heterocycles. The van der Waals surface area contributed by atoms with Crippen LogP contribution >= 0.6 is 27.5 Å². The van der Waals surface area contributed by atoms with E-state index in [1.807, 2.05) is 0 Å². The van der Waals surface area contributed by atoms with Gasteiger partial charge < -0.3 is 16.2 Å². The average molecular weight is 360 g/mol. The summed E-state index contributed by atoms with van der Waals surface area (Å²) in [5, 5.41) is 12.1. The lowest BCUT2D eigenvalue weighted by atomic mass is 10.1. The Morgan fingerprint density at radius 2 is 2.05 bits per heavy atom. The molecule has 2 aromatic carbocycles. The minimum Gasteiger partial charge on any atom is -0.478 e. The van der Waals surface area contributed by atoms with Crippen molar-refractivity contribution in [2.45, 2.75) is 0 Å². The van der Waals surface area contributed by atoms with Crippen molar-refractivity contribution in [2.24, 2.45) is 0 Å². The number of benzene rings is 2. The number of nitrogens with two attached hydrogens (primary N) is 1. The van der Waals surface area contributed by atoms with Crippen LogP contribution < -0.4 is 11.1 Å². The van der Waals surface area contributed by atoms with Crippen LogP contribution in [-0.2, 0) is 0 Å². The molecule has 2 rings (SSSR count). The first-order valence-electron chi connectivity index (χ1n) is 5.43. The van der Waals surface area contributed by atoms with Gasteiger partial charge in [-0.05, 0) is 46.3 Å². The first-order valence-corrected chi connectivity index (χ1v) is 6.60. The SMILES string of the molecule is Nc1cc(Cl)c(Nc2cc(F)ccc2Br)c(C(=O)O)c1. The minimum atomic E-state index is -1.19. The second kappa shape index (κ2) is 5.68. The molecule has 0 bridgehead atoms. The van der Waals surface area contributed by atoms with E-state index in [2.05, 4.69) is 21.2 Å². The number of nitrogen functional groups attached to an aromatic ring is 1. The first-order chi connectivity index (χ1) is 9.38. The number of hydrogen-bond donors (Lipinski definition) is 3. The minimum absolute atomic E-state index is 0.0915. The van der Waals surface area contributed by atoms with E-state index >= 15 is 0 Å². The standard InChI is InChI=1S/C13H9BrClFN2O2/c14-9-2-1-6(16)3-11(9)18-12-8(13(19)20)4-7(17)5-10(12)15/h1-5,18H,17H2,(H,19,20). The Hall–Kier alpha value is -1.79. The van der Waals surface area contributed by atoms with Gasteiger partial charge in [-0.25, -0.2) is 9.18 Å². The lowest BCUT2D eigenvalue weighted by molar-refractivity contribution is 0.0698. The van der Waals surface area contributed by atoms with Gasteiger partial charge >= 0.3 is 5.97 Å². The monoisotopic (exact) mass is 358 g/mol. The molecule has 0 unspecified atom stereocenters. The smallest absolute Gasteiger partial charge is 0.337 e. The summed E-state index contributed by atoms with van der Waals surface area (Å²) in [6.07, 6.45) is 0. The van der Waals surface area contributed by atoms with Crippen molar-refractivity contribution in [3.63, 3.8) is 0 Å². The fourth-order valence-electron chi connectivity index (χ4n) is 1.65. The summed E-state index contributed by atoms with van der Waals surface area (Å²) in [6, 6.07) is 6.71. The largest absolute Gasteiger partial charge is 0.478 e. The summed E-state index contributed by atoms with van der Waals surface area (Å²) in [6.45, 7) is 0. The zero-order valence-electron chi connectivity index (χ0n) is 9.95. The molecule has 0 radical (unpaired) electrons. The molecule has 0 atom stereocenters. The van der Waals surface area contributed by atoms with Gasteiger partial charge in [-0.2, -0.15) is 0 Å². The van der Waals surface area contributed by atoms with Gasteiger partial charge in [0.2, 0.25) is 0 Å². The number of hydrogen-bond acceptors (Lipinski definition) is 3. The van der Waals surface area contributed by atoms with E-state index in [4.69, 9.17) is 17.3 Å². The highest BCUT2D eigenvalue weighted by Gasteiger charge is 2.16. The Morgan fingerprint density at radius 1 is 1.35 bits per heavy atom. The van der Waals surface area contributed by atoms with Gasteiger partial charge in [0, 0.05) is 10.2 Å². The maximum atomic E-state index is 13.2. The van der Waals surface area contributed by atoms with Crippen LogP contribution in [0, 0.1) is 5.82 Å². The summed E-state index contributed by atoms with van der Waals surface area (Å²) < 4.78 is 13.8. The van der Waals surface area contributed by atoms with Gasteiger partial charge in [-0.3, -0.25) is 0 Å². The summed E-state index contributed by atoms with van der Waals surface area (Å²) in [7, 11) is 0. The van der Waals surface area contributed by atoms with Gasteiger partial charge in [0.1, 0.15) is 5.82 Å². The number of halogens is 3. The summed E-state index contributed by atoms with van der Waals surface area (Å²) in [5.41, 5.74) is 6.22. The predicted molar refractivity (Wildman–Crippen MR) is 80.2 cm³/mol. The van der Waals surface area contributed by atoms with Crippen molar-refractivity contribution in [1.29, 1.82) is 0 Å². The second-order valence-corrected chi connectivity index (χ2v) is 5.24. The van der Waals surface area contributed by atoms with Crippen LogP contribution in [0.2, 0.25) is 5.02 Å². The van der Waals surface area contributed by atoms with Gasteiger partial charge in [0.15, 0.2) is 0 Å². The molecule has 104 valence electrons. The lowest BCUT2D eigenvalue weighted by Crippen LogP contribution is -2.05. The molecule has 0 fully saturated rings. The highest BCUT2D eigenvalue weighted by molar-refractivity contribution is 9.10. The average Bonchev–Trinajstić information content (AvgIpc) is 2.36. The van der Waals surface area contributed by atoms with Crippen molar-refractivity contribution in [1.82, 2.24) is 0 Å². The number of carboxylic acid groups (broad SMARTS) is 1. The Morgan fingerprint density at radius 3 is 2.70 bits per heavy atom. The Kier molecular flexibility index (Phi) is 4.15. The molecule has 0 spiro atoms. The molecule has 7 heteroatoms. The van der Waals surface area contributed by atoms with Crippen molar-refractivity contribution in [3.8, 4) is 0 Å². The summed E-state index contributed by atoms with van der Waals surface area (Å²) in [4.78, 5) is 11.2. The van der Waals surface area contributed by atoms with Crippen molar-refractivity contribution in [3.05, 3.63) is 51.2 Å². The topological polar surface area (TPSA) is 75.3 Å². The molecule has 0 aliphatic rings. The fraction of sp³-hybridized carbons (Fsp3) is 0. The van der Waals surface area contributed by atoms with Gasteiger partial charge in [-0.1, -0.05) is 11.6 Å². The van der Waals surface area contributed by atoms with Crippen LogP contribution in [0.4, 0.5) is 21.5 Å². The van der Waals surface area contributed by atoms with Crippen molar-refractivity contribution in [2.75, 3.05) is 11.1 Å². The highest BCUT2D eigenvalue weighted by Crippen LogP contribution is 2.34. The van der Waals surface area contributed by atoms with Gasteiger partial charge in [0.25, 0.3) is 0 Å². The van der Waals surface area contributed by atoms with Crippen LogP contribution in [-0.4, -0.2) is 11.1 Å². The normalized spacial score (nSPS) is 10.3. The molecule has 0 heterocycles. The molecule has 4 nitrogen and oxygen atoms in total. The molecule has 2 aromatic rings. The second-order valence-electron chi connectivity index (χ2n) is 3.98. The van der Waals surface area contributed by atoms with E-state index < -0.39 is 11.8 Å². The number of aromatic carboxylic acids is 1. The summed E-state index contributed by atoms with van der Waals surface area (Å²) >= 11 is 9.25. The third kappa shape index (κ3) is 3.02. The zero-order valence-corrected chi connectivity index (χ0v) is 12.3. The van der Waals surface area contributed by atoms with E-state index in [1.54, 1.807) is 0 Å². The third-order valence-corrected chi connectivity index (χ3v) is 3.52. The Bertz CT molecular complexity index is 694. The molecule has 0 saturated carbocycles. The molecular formula is C13H9BrClFN2O2.